The molecule has 2 aromatic heterocycles. The second-order valence-corrected chi connectivity index (χ2v) is 15.0. The van der Waals surface area contributed by atoms with E-state index in [-0.39, 0.29) is 67.3 Å². The maximum absolute atomic E-state index is 14.3. The number of anilines is 2. The van der Waals surface area contributed by atoms with Gasteiger partial charge in [-0.25, -0.2) is 18.0 Å². The molecular formula is C34H28N2O12S2. The molecule has 0 saturated heterocycles. The van der Waals surface area contributed by atoms with Gasteiger partial charge < -0.3 is 19.9 Å². The number of hydrogen-bond donors (Lipinski definition) is 4. The number of pyridine rings is 1. The largest absolute Gasteiger partial charge is 0.478 e. The Bertz CT molecular complexity index is 2650. The third-order valence-corrected chi connectivity index (χ3v) is 10.9. The minimum Gasteiger partial charge on any atom is -0.478 e. The number of carbonyl (C=O) groups excluding carboxylic acids is 1. The van der Waals surface area contributed by atoms with Gasteiger partial charge in [-0.05, 0) is 72.9 Å². The highest BCUT2D eigenvalue weighted by Crippen LogP contribution is 2.46. The van der Waals surface area contributed by atoms with E-state index in [4.69, 9.17) is 4.42 Å². The van der Waals surface area contributed by atoms with Crippen molar-refractivity contribution < 1.29 is 50.4 Å². The van der Waals surface area contributed by atoms with Crippen molar-refractivity contribution >= 4 is 60.0 Å². The lowest BCUT2D eigenvalue weighted by Crippen LogP contribution is -2.28. The normalized spacial score (nSPS) is 12.6. The molecule has 4 N–H and O–H groups in total. The quantitative estimate of drug-likeness (QED) is 0.144. The van der Waals surface area contributed by atoms with Crippen molar-refractivity contribution in [2.75, 3.05) is 11.6 Å². The molecule has 0 fully saturated rings. The van der Waals surface area contributed by atoms with Gasteiger partial charge in [-0.3, -0.25) is 18.7 Å². The van der Waals surface area contributed by atoms with Crippen LogP contribution in [0.5, 0.6) is 0 Å². The molecule has 16 heteroatoms. The van der Waals surface area contributed by atoms with E-state index in [1.807, 2.05) is 6.92 Å². The van der Waals surface area contributed by atoms with Gasteiger partial charge in [0.2, 0.25) is 5.78 Å². The van der Waals surface area contributed by atoms with Gasteiger partial charge in [0, 0.05) is 28.5 Å². The van der Waals surface area contributed by atoms with E-state index < -0.39 is 59.3 Å². The number of carbonyl (C=O) groups is 3. The van der Waals surface area contributed by atoms with Crippen LogP contribution in [0.4, 0.5) is 11.4 Å². The van der Waals surface area contributed by atoms with E-state index >= 15 is 0 Å². The summed E-state index contributed by atoms with van der Waals surface area (Å²) in [7, 11) is -9.09. The molecule has 3 aromatic carbocycles. The molecule has 6 rings (SSSR count). The minimum absolute atomic E-state index is 0.0217. The molecule has 0 saturated carbocycles. The van der Waals surface area contributed by atoms with E-state index in [1.165, 1.54) is 18.2 Å². The number of carboxylic acid groups (broad SMARTS) is 2. The number of aryl methyl sites for hydroxylation is 2. The second-order valence-electron chi connectivity index (χ2n) is 11.7. The lowest BCUT2D eigenvalue weighted by molar-refractivity contribution is 0.0651. The summed E-state index contributed by atoms with van der Waals surface area (Å²) >= 11 is 0. The van der Waals surface area contributed by atoms with Crippen LogP contribution >= 0.6 is 0 Å². The summed E-state index contributed by atoms with van der Waals surface area (Å²) in [5, 5.41) is 22.5. The highest BCUT2D eigenvalue weighted by atomic mass is 32.2. The molecule has 0 aliphatic heterocycles. The van der Waals surface area contributed by atoms with Crippen LogP contribution in [0, 0.1) is 6.92 Å². The van der Waals surface area contributed by atoms with Gasteiger partial charge in [0.15, 0.2) is 15.6 Å². The first kappa shape index (κ1) is 34.3. The maximum Gasteiger partial charge on any atom is 0.336 e. The smallest absolute Gasteiger partial charge is 0.336 e. The minimum atomic E-state index is -4.69. The van der Waals surface area contributed by atoms with Gasteiger partial charge in [0.25, 0.3) is 15.7 Å². The van der Waals surface area contributed by atoms with Crippen LogP contribution in [0.1, 0.15) is 67.4 Å². The molecule has 2 heterocycles. The van der Waals surface area contributed by atoms with Crippen LogP contribution in [0.15, 0.2) is 67.7 Å². The zero-order chi connectivity index (χ0) is 36.6. The average molecular weight is 721 g/mol. The number of sulfone groups is 1. The number of nitrogens with one attached hydrogen (secondary N) is 1. The Hall–Kier alpha value is -5.58. The third-order valence-electron chi connectivity index (χ3n) is 8.66. The Morgan fingerprint density at radius 2 is 1.56 bits per heavy atom. The highest BCUT2D eigenvalue weighted by molar-refractivity contribution is 7.90. The van der Waals surface area contributed by atoms with Crippen molar-refractivity contribution in [2.24, 2.45) is 0 Å². The van der Waals surface area contributed by atoms with Crippen LogP contribution in [0.2, 0.25) is 0 Å². The van der Waals surface area contributed by atoms with Crippen LogP contribution in [0.25, 0.3) is 27.7 Å². The number of rotatable bonds is 9. The lowest BCUT2D eigenvalue weighted by atomic mass is 9.86. The molecule has 0 radical (unpaired) electrons. The molecule has 0 amide bonds. The summed E-state index contributed by atoms with van der Waals surface area (Å²) in [6.07, 6.45) is 2.52. The topological polar surface area (TPSA) is 227 Å². The first-order valence-electron chi connectivity index (χ1n) is 15.0. The fourth-order valence-corrected chi connectivity index (χ4v) is 8.72. The molecule has 5 aromatic rings. The van der Waals surface area contributed by atoms with Crippen LogP contribution in [0.3, 0.4) is 0 Å². The van der Waals surface area contributed by atoms with Crippen molar-refractivity contribution in [3.8, 4) is 16.8 Å². The summed E-state index contributed by atoms with van der Waals surface area (Å²) in [6.45, 7) is 5.06. The predicted molar refractivity (Wildman–Crippen MR) is 181 cm³/mol. The van der Waals surface area contributed by atoms with E-state index in [2.05, 4.69) is 5.32 Å². The molecule has 1 aliphatic carbocycles. The first-order chi connectivity index (χ1) is 23.4. The number of hydrogen-bond acceptors (Lipinski definition) is 10. The van der Waals surface area contributed by atoms with Gasteiger partial charge in [-0.15, -0.1) is 0 Å². The Morgan fingerprint density at radius 1 is 0.880 bits per heavy atom. The zero-order valence-electron chi connectivity index (χ0n) is 26.8. The number of fused-ring (bicyclic) bond motifs is 2. The van der Waals surface area contributed by atoms with E-state index in [0.29, 0.717) is 17.5 Å². The molecule has 50 heavy (non-hydrogen) atoms. The number of furan rings is 1. The van der Waals surface area contributed by atoms with Gasteiger partial charge in [-0.1, -0.05) is 19.9 Å². The maximum atomic E-state index is 14.3. The number of nitrogens with zero attached hydrogens (tertiary/aromatic N) is 1. The van der Waals surface area contributed by atoms with Crippen molar-refractivity contribution in [1.82, 2.24) is 4.57 Å². The fraction of sp³-hybridized carbons (Fsp3) is 0.176. The van der Waals surface area contributed by atoms with Crippen molar-refractivity contribution in [2.45, 2.75) is 43.4 Å². The van der Waals surface area contributed by atoms with E-state index in [9.17, 15) is 50.8 Å². The summed E-state index contributed by atoms with van der Waals surface area (Å²) in [4.78, 5) is 51.3. The Balaban J connectivity index is 1.79. The number of carboxylic acids is 2. The van der Waals surface area contributed by atoms with Crippen LogP contribution < -0.4 is 10.9 Å². The monoisotopic (exact) mass is 720 g/mol. The van der Waals surface area contributed by atoms with Gasteiger partial charge in [0.1, 0.15) is 9.79 Å². The van der Waals surface area contributed by atoms with Crippen molar-refractivity contribution in [3.63, 3.8) is 0 Å². The first-order valence-corrected chi connectivity index (χ1v) is 18.3. The number of aromatic nitrogens is 1. The van der Waals surface area contributed by atoms with Gasteiger partial charge in [-0.2, -0.15) is 8.42 Å². The van der Waals surface area contributed by atoms with Crippen molar-refractivity contribution in [3.05, 3.63) is 98.2 Å². The summed E-state index contributed by atoms with van der Waals surface area (Å²) in [6, 6.07) is 8.79. The molecule has 14 nitrogen and oxygen atoms in total. The lowest BCUT2D eigenvalue weighted by Gasteiger charge is -2.26. The average Bonchev–Trinajstić information content (AvgIpc) is 3.53. The van der Waals surface area contributed by atoms with Gasteiger partial charge >= 0.3 is 11.9 Å². The molecule has 1 aliphatic rings. The van der Waals surface area contributed by atoms with Crippen LogP contribution in [-0.2, 0) is 32.8 Å². The molecule has 0 bridgehead atoms. The van der Waals surface area contributed by atoms with E-state index in [0.717, 1.165) is 35.3 Å². The van der Waals surface area contributed by atoms with Gasteiger partial charge in [0.05, 0.1) is 39.8 Å². The second kappa shape index (κ2) is 11.8. The number of ketones is 1. The molecule has 0 spiro atoms. The molecular weight excluding hydrogens is 693 g/mol. The summed E-state index contributed by atoms with van der Waals surface area (Å²) < 4.78 is 68.5. The Morgan fingerprint density at radius 3 is 2.14 bits per heavy atom. The third kappa shape index (κ3) is 5.19. The SMILES string of the molecule is CCc1cc(C)c(S(=O)(=O)O)c(CC)c1Nc1ccc2c3c1C(=O)c1occc1-c3c(S(C)(=O)=O)c(=O)n2-c1ccc(C(=O)O)c(C(=O)O)c1. The van der Waals surface area contributed by atoms with Crippen molar-refractivity contribution in [1.29, 1.82) is 0 Å². The predicted octanol–water partition coefficient (Wildman–Crippen LogP) is 5.02. The molecule has 0 atom stereocenters. The molecule has 0 unspecified atom stereocenters. The zero-order valence-corrected chi connectivity index (χ0v) is 28.4. The van der Waals surface area contributed by atoms with Crippen LogP contribution in [-0.4, -0.2) is 60.1 Å². The number of benzene rings is 3. The fourth-order valence-electron chi connectivity index (χ4n) is 6.70. The molecule has 258 valence electrons. The summed E-state index contributed by atoms with van der Waals surface area (Å²) in [5.41, 5.74) is -1.27. The van der Waals surface area contributed by atoms with E-state index in [1.54, 1.807) is 19.9 Å². The summed E-state index contributed by atoms with van der Waals surface area (Å²) in [5.74, 6) is -4.13. The standard InChI is InChI=1S/C34H28N2O12S2/c1-5-16-13-15(3)30(50(45,46)47)18(6-2)27(16)35-22-9-10-23-26-24(20-11-12-48-29(20)28(37)25(22)26)31(49(4,43)44)32(38)36(23)17-7-8-19(33(39)40)21(14-17)34(41)42/h7-14,35H,5-6H2,1-4H3,(H,39,40)(H,41,42)(H,45,46,47). The number of aromatic carboxylic acids is 2. The Kier molecular flexibility index (Phi) is 8.08. The highest BCUT2D eigenvalue weighted by Gasteiger charge is 2.38. The Labute approximate surface area is 284 Å².